The van der Waals surface area contributed by atoms with Gasteiger partial charge in [-0.3, -0.25) is 9.89 Å². The number of rotatable bonds is 5. The van der Waals surface area contributed by atoms with Crippen molar-refractivity contribution in [2.24, 2.45) is 0 Å². The van der Waals surface area contributed by atoms with Crippen molar-refractivity contribution in [2.45, 2.75) is 32.3 Å². The number of nitrogens with one attached hydrogen (secondary N) is 2. The third-order valence-electron chi connectivity index (χ3n) is 2.97. The van der Waals surface area contributed by atoms with Gasteiger partial charge in [-0.2, -0.15) is 0 Å². The quantitative estimate of drug-likeness (QED) is 0.831. The molecule has 0 unspecified atom stereocenters. The second-order valence-corrected chi connectivity index (χ2v) is 5.50. The SMILES string of the molecule is CCc1nc(SCC(=O)Nc2ccc(C)c(C)c2)n[nH]1. The Morgan fingerprint density at radius 3 is 2.80 bits per heavy atom. The van der Waals surface area contributed by atoms with Crippen molar-refractivity contribution >= 4 is 23.4 Å². The molecule has 1 amide bonds. The zero-order valence-corrected chi connectivity index (χ0v) is 12.7. The smallest absolute Gasteiger partial charge is 0.234 e. The number of hydrogen-bond donors (Lipinski definition) is 2. The molecule has 1 heterocycles. The van der Waals surface area contributed by atoms with Crippen molar-refractivity contribution < 1.29 is 4.79 Å². The van der Waals surface area contributed by atoms with Crippen LogP contribution in [0.25, 0.3) is 0 Å². The number of hydrogen-bond acceptors (Lipinski definition) is 4. The Morgan fingerprint density at radius 2 is 2.15 bits per heavy atom. The minimum Gasteiger partial charge on any atom is -0.325 e. The van der Waals surface area contributed by atoms with Gasteiger partial charge in [0.05, 0.1) is 5.75 Å². The average Bonchev–Trinajstić information content (AvgIpc) is 2.89. The van der Waals surface area contributed by atoms with Crippen LogP contribution in [-0.4, -0.2) is 26.8 Å². The van der Waals surface area contributed by atoms with Crippen molar-refractivity contribution in [3.8, 4) is 0 Å². The number of carbonyl (C=O) groups is 1. The molecule has 1 aromatic carbocycles. The van der Waals surface area contributed by atoms with E-state index in [2.05, 4.69) is 20.5 Å². The zero-order valence-electron chi connectivity index (χ0n) is 11.9. The van der Waals surface area contributed by atoms with Crippen molar-refractivity contribution in [1.29, 1.82) is 0 Å². The van der Waals surface area contributed by atoms with Gasteiger partial charge in [-0.25, -0.2) is 4.98 Å². The van der Waals surface area contributed by atoms with Crippen LogP contribution in [0.2, 0.25) is 0 Å². The predicted molar refractivity (Wildman–Crippen MR) is 81.0 cm³/mol. The zero-order chi connectivity index (χ0) is 14.5. The van der Waals surface area contributed by atoms with Crippen molar-refractivity contribution in [1.82, 2.24) is 15.2 Å². The van der Waals surface area contributed by atoms with Crippen molar-refractivity contribution in [3.63, 3.8) is 0 Å². The number of thioether (sulfide) groups is 1. The van der Waals surface area contributed by atoms with Crippen LogP contribution >= 0.6 is 11.8 Å². The molecule has 2 aromatic rings. The number of aryl methyl sites for hydroxylation is 3. The summed E-state index contributed by atoms with van der Waals surface area (Å²) >= 11 is 1.33. The van der Waals surface area contributed by atoms with Gasteiger partial charge in [0.1, 0.15) is 5.82 Å². The summed E-state index contributed by atoms with van der Waals surface area (Å²) in [7, 11) is 0. The van der Waals surface area contributed by atoms with E-state index < -0.39 is 0 Å². The summed E-state index contributed by atoms with van der Waals surface area (Å²) in [5.74, 6) is 1.08. The van der Waals surface area contributed by atoms with Crippen LogP contribution in [0, 0.1) is 13.8 Å². The number of anilines is 1. The van der Waals surface area contributed by atoms with E-state index in [-0.39, 0.29) is 5.91 Å². The minimum atomic E-state index is -0.0545. The van der Waals surface area contributed by atoms with Gasteiger partial charge in [0.15, 0.2) is 0 Å². The first-order valence-corrected chi connectivity index (χ1v) is 7.48. The van der Waals surface area contributed by atoms with E-state index in [1.165, 1.54) is 17.3 Å². The molecule has 0 radical (unpaired) electrons. The minimum absolute atomic E-state index is 0.0545. The second-order valence-electron chi connectivity index (χ2n) is 4.55. The molecule has 0 spiro atoms. The number of H-pyrrole nitrogens is 1. The maximum atomic E-state index is 11.9. The molecule has 0 aliphatic carbocycles. The highest BCUT2D eigenvalue weighted by Gasteiger charge is 2.07. The number of amides is 1. The topological polar surface area (TPSA) is 70.7 Å². The Labute approximate surface area is 122 Å². The lowest BCUT2D eigenvalue weighted by molar-refractivity contribution is -0.113. The molecule has 0 saturated heterocycles. The van der Waals surface area contributed by atoms with Crippen LogP contribution in [0.4, 0.5) is 5.69 Å². The number of benzene rings is 1. The average molecular weight is 290 g/mol. The van der Waals surface area contributed by atoms with Gasteiger partial charge >= 0.3 is 0 Å². The van der Waals surface area contributed by atoms with E-state index in [0.717, 1.165) is 23.5 Å². The Balaban J connectivity index is 1.87. The van der Waals surface area contributed by atoms with Crippen molar-refractivity contribution in [2.75, 3.05) is 11.1 Å². The second kappa shape index (κ2) is 6.56. The van der Waals surface area contributed by atoms with Crippen LogP contribution in [-0.2, 0) is 11.2 Å². The highest BCUT2D eigenvalue weighted by Crippen LogP contribution is 2.16. The molecule has 0 saturated carbocycles. The molecule has 20 heavy (non-hydrogen) atoms. The number of aromatic nitrogens is 3. The molecule has 1 aromatic heterocycles. The fraction of sp³-hybridized carbons (Fsp3) is 0.357. The molecule has 0 aliphatic rings. The molecule has 2 N–H and O–H groups in total. The van der Waals surface area contributed by atoms with Gasteiger partial charge in [0.25, 0.3) is 0 Å². The Kier molecular flexibility index (Phi) is 4.79. The van der Waals surface area contributed by atoms with E-state index in [1.807, 2.05) is 39.0 Å². The molecule has 0 atom stereocenters. The molecule has 0 fully saturated rings. The monoisotopic (exact) mass is 290 g/mol. The summed E-state index contributed by atoms with van der Waals surface area (Å²) in [6.45, 7) is 6.08. The molecule has 106 valence electrons. The van der Waals surface area contributed by atoms with Crippen LogP contribution in [0.5, 0.6) is 0 Å². The first-order valence-electron chi connectivity index (χ1n) is 6.49. The summed E-state index contributed by atoms with van der Waals surface area (Å²) in [4.78, 5) is 16.1. The van der Waals surface area contributed by atoms with Crippen LogP contribution in [0.1, 0.15) is 23.9 Å². The first kappa shape index (κ1) is 14.6. The lowest BCUT2D eigenvalue weighted by Crippen LogP contribution is -2.14. The number of aromatic amines is 1. The Morgan fingerprint density at radius 1 is 1.35 bits per heavy atom. The first-order chi connectivity index (χ1) is 9.58. The molecule has 5 nitrogen and oxygen atoms in total. The largest absolute Gasteiger partial charge is 0.325 e. The standard InChI is InChI=1S/C14H18N4OS/c1-4-12-16-14(18-17-12)20-8-13(19)15-11-6-5-9(2)10(3)7-11/h5-7H,4,8H2,1-3H3,(H,15,19)(H,16,17,18). The Bertz CT molecular complexity index is 609. The highest BCUT2D eigenvalue weighted by atomic mass is 32.2. The van der Waals surface area contributed by atoms with E-state index in [1.54, 1.807) is 0 Å². The third-order valence-corrected chi connectivity index (χ3v) is 3.82. The van der Waals surface area contributed by atoms with E-state index in [4.69, 9.17) is 0 Å². The van der Waals surface area contributed by atoms with Gasteiger partial charge in [-0.05, 0) is 37.1 Å². The molecular formula is C14H18N4OS. The molecule has 0 bridgehead atoms. The molecule has 2 rings (SSSR count). The summed E-state index contributed by atoms with van der Waals surface area (Å²) in [5, 5.41) is 10.4. The normalized spacial score (nSPS) is 10.6. The maximum absolute atomic E-state index is 11.9. The number of carbonyl (C=O) groups excluding carboxylic acids is 1. The molecular weight excluding hydrogens is 272 g/mol. The fourth-order valence-corrected chi connectivity index (χ4v) is 2.26. The van der Waals surface area contributed by atoms with Crippen LogP contribution < -0.4 is 5.32 Å². The maximum Gasteiger partial charge on any atom is 0.234 e. The summed E-state index contributed by atoms with van der Waals surface area (Å²) in [6.07, 6.45) is 0.808. The van der Waals surface area contributed by atoms with Gasteiger partial charge in [0, 0.05) is 12.1 Å². The van der Waals surface area contributed by atoms with E-state index in [0.29, 0.717) is 10.9 Å². The Hall–Kier alpha value is -1.82. The summed E-state index contributed by atoms with van der Waals surface area (Å²) in [5.41, 5.74) is 3.20. The van der Waals surface area contributed by atoms with Gasteiger partial charge in [-0.15, -0.1) is 5.10 Å². The van der Waals surface area contributed by atoms with Crippen LogP contribution in [0.15, 0.2) is 23.4 Å². The van der Waals surface area contributed by atoms with Crippen LogP contribution in [0.3, 0.4) is 0 Å². The highest BCUT2D eigenvalue weighted by molar-refractivity contribution is 7.99. The van der Waals surface area contributed by atoms with E-state index >= 15 is 0 Å². The lowest BCUT2D eigenvalue weighted by atomic mass is 10.1. The summed E-state index contributed by atoms with van der Waals surface area (Å²) < 4.78 is 0. The predicted octanol–water partition coefficient (Wildman–Crippen LogP) is 2.71. The lowest BCUT2D eigenvalue weighted by Gasteiger charge is -2.06. The molecule has 6 heteroatoms. The van der Waals surface area contributed by atoms with E-state index in [9.17, 15) is 4.79 Å². The van der Waals surface area contributed by atoms with Gasteiger partial charge in [0.2, 0.25) is 11.1 Å². The van der Waals surface area contributed by atoms with Gasteiger partial charge < -0.3 is 5.32 Å². The van der Waals surface area contributed by atoms with Crippen molar-refractivity contribution in [3.05, 3.63) is 35.2 Å². The summed E-state index contributed by atoms with van der Waals surface area (Å²) in [6, 6.07) is 5.88. The third kappa shape index (κ3) is 3.84. The molecule has 0 aliphatic heterocycles. The fourth-order valence-electron chi connectivity index (χ4n) is 1.65. The van der Waals surface area contributed by atoms with Gasteiger partial charge in [-0.1, -0.05) is 24.8 Å². The number of nitrogens with zero attached hydrogens (tertiary/aromatic N) is 2.